The molecule has 0 aromatic carbocycles. The van der Waals surface area contributed by atoms with Gasteiger partial charge in [-0.25, -0.2) is 0 Å². The molecule has 16 heavy (non-hydrogen) atoms. The standard InChI is InChI=1S/C6H12O6.HNO2.Na/c7-1-3(9)5(11)6(12)4(10)2-8;2-1-3;/h1,3-6,8-12H,2H2;(H,2,3);/q;;+1/p-1. The summed E-state index contributed by atoms with van der Waals surface area (Å²) in [6, 6.07) is 0. The van der Waals surface area contributed by atoms with Crippen LogP contribution in [0.5, 0.6) is 0 Å². The Bertz CT molecular complexity index is 182. The second-order valence-electron chi connectivity index (χ2n) is 2.43. The molecule has 0 rings (SSSR count). The molecule has 9 nitrogen and oxygen atoms in total. The first-order valence-corrected chi connectivity index (χ1v) is 3.69. The zero-order valence-corrected chi connectivity index (χ0v) is 10.5. The predicted molar refractivity (Wildman–Crippen MR) is 46.3 cm³/mol. The van der Waals surface area contributed by atoms with Crippen molar-refractivity contribution in [3.63, 3.8) is 0 Å². The van der Waals surface area contributed by atoms with Crippen LogP contribution in [0.25, 0.3) is 0 Å². The van der Waals surface area contributed by atoms with Crippen LogP contribution in [0.4, 0.5) is 0 Å². The molecule has 4 atom stereocenters. The summed E-state index contributed by atoms with van der Waals surface area (Å²) in [4.78, 5) is 17.9. The monoisotopic (exact) mass is 249 g/mol. The molecule has 4 unspecified atom stereocenters. The predicted octanol–water partition coefficient (Wildman–Crippen LogP) is -6.12. The van der Waals surface area contributed by atoms with Gasteiger partial charge in [-0.15, -0.1) is 5.34 Å². The minimum Gasteiger partial charge on any atom is -0.444 e. The van der Waals surface area contributed by atoms with Gasteiger partial charge in [0.05, 0.1) is 6.61 Å². The number of hydrogen-bond donors (Lipinski definition) is 5. The van der Waals surface area contributed by atoms with Crippen molar-refractivity contribution < 1.29 is 59.9 Å². The molecular formula is C6H12NNaO8. The van der Waals surface area contributed by atoms with E-state index >= 15 is 0 Å². The normalized spacial score (nSPS) is 16.6. The maximum atomic E-state index is 9.90. The number of aliphatic hydroxyl groups excluding tert-OH is 5. The van der Waals surface area contributed by atoms with E-state index in [-0.39, 0.29) is 35.8 Å². The van der Waals surface area contributed by atoms with Crippen molar-refractivity contribution in [2.75, 3.05) is 6.61 Å². The molecule has 90 valence electrons. The summed E-state index contributed by atoms with van der Waals surface area (Å²) < 4.78 is 0. The zero-order chi connectivity index (χ0) is 12.4. The van der Waals surface area contributed by atoms with Crippen LogP contribution in [-0.4, -0.2) is 62.8 Å². The number of rotatable bonds is 5. The minimum absolute atomic E-state index is 0. The molecule has 0 aliphatic heterocycles. The summed E-state index contributed by atoms with van der Waals surface area (Å²) in [7, 11) is 0. The Kier molecular flexibility index (Phi) is 17.1. The summed E-state index contributed by atoms with van der Waals surface area (Å²) in [5.74, 6) is 0. The van der Waals surface area contributed by atoms with Gasteiger partial charge in [0.25, 0.3) is 0 Å². The van der Waals surface area contributed by atoms with E-state index in [1.54, 1.807) is 0 Å². The zero-order valence-electron chi connectivity index (χ0n) is 8.50. The number of carbonyl (C=O) groups excluding carboxylic acids is 1. The van der Waals surface area contributed by atoms with E-state index in [4.69, 9.17) is 35.6 Å². The summed E-state index contributed by atoms with van der Waals surface area (Å²) in [6.07, 6.45) is -6.84. The second kappa shape index (κ2) is 12.9. The summed E-state index contributed by atoms with van der Waals surface area (Å²) in [5.41, 5.74) is 0. The van der Waals surface area contributed by atoms with E-state index in [1.807, 2.05) is 0 Å². The average Bonchev–Trinajstić information content (AvgIpc) is 2.25. The molecule has 5 N–H and O–H groups in total. The summed E-state index contributed by atoms with van der Waals surface area (Å²) in [6.45, 7) is -0.760. The fourth-order valence-corrected chi connectivity index (χ4v) is 0.618. The van der Waals surface area contributed by atoms with Crippen LogP contribution in [0, 0.1) is 10.1 Å². The number of nitrogens with zero attached hydrogens (tertiary/aromatic N) is 1. The van der Waals surface area contributed by atoms with Gasteiger partial charge in [-0.2, -0.15) is 0 Å². The van der Waals surface area contributed by atoms with E-state index in [0.717, 1.165) is 5.34 Å². The molecule has 0 saturated heterocycles. The van der Waals surface area contributed by atoms with Gasteiger partial charge in [0.2, 0.25) is 0 Å². The van der Waals surface area contributed by atoms with Crippen LogP contribution < -0.4 is 29.6 Å². The molecular weight excluding hydrogens is 237 g/mol. The number of aldehydes is 1. The first-order valence-electron chi connectivity index (χ1n) is 3.69. The van der Waals surface area contributed by atoms with Crippen molar-refractivity contribution in [3.8, 4) is 0 Å². The SMILES string of the molecule is O=CC(O)C(O)C(O)C(O)CO.O=N[O-].[Na+]. The molecule has 10 heteroatoms. The first kappa shape index (κ1) is 21.2. The van der Waals surface area contributed by atoms with Crippen molar-refractivity contribution in [1.82, 2.24) is 0 Å². The van der Waals surface area contributed by atoms with Gasteiger partial charge in [0, 0.05) is 0 Å². The van der Waals surface area contributed by atoms with Gasteiger partial charge in [0.1, 0.15) is 24.4 Å². The average molecular weight is 249 g/mol. The number of carbonyl (C=O) groups is 1. The van der Waals surface area contributed by atoms with Gasteiger partial charge >= 0.3 is 29.6 Å². The summed E-state index contributed by atoms with van der Waals surface area (Å²) >= 11 is 0. The fourth-order valence-electron chi connectivity index (χ4n) is 0.618. The van der Waals surface area contributed by atoms with Crippen LogP contribution in [0.2, 0.25) is 0 Å². The molecule has 0 fully saturated rings. The van der Waals surface area contributed by atoms with E-state index in [0.29, 0.717) is 0 Å². The Morgan fingerprint density at radius 1 is 1.19 bits per heavy atom. The molecule has 0 aliphatic rings. The van der Waals surface area contributed by atoms with Crippen molar-refractivity contribution >= 4 is 6.29 Å². The Hall–Kier alpha value is -0.130. The quantitative estimate of drug-likeness (QED) is 0.138. The number of aliphatic hydroxyl groups is 5. The number of hydrogen-bond acceptors (Lipinski definition) is 9. The maximum absolute atomic E-state index is 9.90. The third kappa shape index (κ3) is 9.12. The topological polar surface area (TPSA) is 171 Å². The van der Waals surface area contributed by atoms with Crippen molar-refractivity contribution in [2.24, 2.45) is 5.34 Å². The van der Waals surface area contributed by atoms with Gasteiger partial charge in [-0.05, 0) is 0 Å². The molecule has 0 saturated carbocycles. The van der Waals surface area contributed by atoms with Gasteiger partial charge in [-0.1, -0.05) is 0 Å². The third-order valence-electron chi connectivity index (χ3n) is 1.42. The molecule has 0 aromatic heterocycles. The van der Waals surface area contributed by atoms with Crippen LogP contribution in [0.15, 0.2) is 5.34 Å². The van der Waals surface area contributed by atoms with Gasteiger partial charge in [0.15, 0.2) is 6.29 Å². The van der Waals surface area contributed by atoms with Crippen LogP contribution >= 0.6 is 0 Å². The molecule has 0 heterocycles. The van der Waals surface area contributed by atoms with E-state index in [1.165, 1.54) is 0 Å². The first-order chi connectivity index (χ1) is 6.95. The van der Waals surface area contributed by atoms with E-state index in [9.17, 15) is 4.79 Å². The fraction of sp³-hybridized carbons (Fsp3) is 0.833. The molecule has 0 aliphatic carbocycles. The Morgan fingerprint density at radius 2 is 1.56 bits per heavy atom. The molecule has 0 aromatic rings. The Morgan fingerprint density at radius 3 is 1.81 bits per heavy atom. The van der Waals surface area contributed by atoms with E-state index in [2.05, 4.69) is 0 Å². The van der Waals surface area contributed by atoms with Gasteiger partial charge < -0.3 is 40.4 Å². The molecule has 0 amide bonds. The van der Waals surface area contributed by atoms with Crippen molar-refractivity contribution in [1.29, 1.82) is 0 Å². The second-order valence-corrected chi connectivity index (χ2v) is 2.43. The Labute approximate surface area is 113 Å². The molecule has 0 bridgehead atoms. The van der Waals surface area contributed by atoms with Crippen molar-refractivity contribution in [3.05, 3.63) is 10.1 Å². The van der Waals surface area contributed by atoms with Crippen LogP contribution in [-0.2, 0) is 4.79 Å². The minimum atomic E-state index is -1.79. The maximum Gasteiger partial charge on any atom is 1.00 e. The Balaban J connectivity index is -0.000000377. The van der Waals surface area contributed by atoms with E-state index < -0.39 is 31.0 Å². The smallest absolute Gasteiger partial charge is 0.444 e. The van der Waals surface area contributed by atoms with Crippen LogP contribution in [0.3, 0.4) is 0 Å². The van der Waals surface area contributed by atoms with Crippen molar-refractivity contribution in [2.45, 2.75) is 24.4 Å². The molecule has 0 radical (unpaired) electrons. The summed E-state index contributed by atoms with van der Waals surface area (Å²) in [5, 5.41) is 52.5. The molecule has 0 spiro atoms. The largest absolute Gasteiger partial charge is 1.00 e. The van der Waals surface area contributed by atoms with Crippen LogP contribution in [0.1, 0.15) is 0 Å². The van der Waals surface area contributed by atoms with Gasteiger partial charge in [-0.3, -0.25) is 0 Å². The third-order valence-corrected chi connectivity index (χ3v) is 1.42.